The third-order valence-electron chi connectivity index (χ3n) is 7.74. The standard InChI is InChI=1S/C29H46/c1-3-4-5-6-7-8-9-10-11-25-14-18-27(19-15-25)29-22-20-28(21-23-29)26-16-12-24(2)13-17-26/h16,20-25,27H,3-15,17-19H2,1-2H3/t24?,25-,27-. The maximum absolute atomic E-state index is 2.49. The predicted octanol–water partition coefficient (Wildman–Crippen LogP) is 9.69. The molecule has 1 aromatic rings. The van der Waals surface area contributed by atoms with E-state index in [4.69, 9.17) is 0 Å². The van der Waals surface area contributed by atoms with Crippen LogP contribution in [0.25, 0.3) is 5.57 Å². The van der Waals surface area contributed by atoms with Crippen molar-refractivity contribution in [1.29, 1.82) is 0 Å². The first-order chi connectivity index (χ1) is 14.3. The van der Waals surface area contributed by atoms with Crippen molar-refractivity contribution in [3.05, 3.63) is 41.5 Å². The molecule has 0 N–H and O–H groups in total. The fourth-order valence-corrected chi connectivity index (χ4v) is 5.55. The molecule has 1 saturated carbocycles. The highest BCUT2D eigenvalue weighted by Crippen LogP contribution is 2.38. The van der Waals surface area contributed by atoms with E-state index < -0.39 is 0 Å². The van der Waals surface area contributed by atoms with Crippen LogP contribution >= 0.6 is 0 Å². The van der Waals surface area contributed by atoms with E-state index >= 15 is 0 Å². The summed E-state index contributed by atoms with van der Waals surface area (Å²) in [6.07, 6.45) is 25.3. The number of rotatable bonds is 11. The fourth-order valence-electron chi connectivity index (χ4n) is 5.55. The maximum atomic E-state index is 2.49. The van der Waals surface area contributed by atoms with E-state index in [1.807, 2.05) is 0 Å². The van der Waals surface area contributed by atoms with Crippen LogP contribution in [-0.4, -0.2) is 0 Å². The Kier molecular flexibility index (Phi) is 9.84. The lowest BCUT2D eigenvalue weighted by atomic mass is 9.76. The molecule has 0 aromatic heterocycles. The highest BCUT2D eigenvalue weighted by molar-refractivity contribution is 5.66. The van der Waals surface area contributed by atoms with Crippen molar-refractivity contribution >= 4 is 5.57 Å². The van der Waals surface area contributed by atoms with Crippen LogP contribution in [-0.2, 0) is 0 Å². The molecule has 0 radical (unpaired) electrons. The van der Waals surface area contributed by atoms with Gasteiger partial charge < -0.3 is 0 Å². The Balaban J connectivity index is 1.32. The first kappa shape index (κ1) is 22.6. The Morgan fingerprint density at radius 3 is 2.03 bits per heavy atom. The molecule has 2 aliphatic rings. The Hall–Kier alpha value is -1.04. The van der Waals surface area contributed by atoms with Crippen LogP contribution in [0.3, 0.4) is 0 Å². The second-order valence-corrected chi connectivity index (χ2v) is 10.2. The fraction of sp³-hybridized carbons (Fsp3) is 0.724. The van der Waals surface area contributed by atoms with Crippen LogP contribution in [0.15, 0.2) is 30.3 Å². The highest BCUT2D eigenvalue weighted by Gasteiger charge is 2.22. The van der Waals surface area contributed by atoms with Gasteiger partial charge in [0.1, 0.15) is 0 Å². The molecule has 0 nitrogen and oxygen atoms in total. The molecule has 0 aliphatic heterocycles. The van der Waals surface area contributed by atoms with Crippen molar-refractivity contribution in [2.75, 3.05) is 0 Å². The Bertz CT molecular complexity index is 585. The summed E-state index contributed by atoms with van der Waals surface area (Å²) < 4.78 is 0. The second kappa shape index (κ2) is 12.6. The van der Waals surface area contributed by atoms with Crippen molar-refractivity contribution in [2.45, 2.75) is 122 Å². The van der Waals surface area contributed by atoms with Gasteiger partial charge in [0.2, 0.25) is 0 Å². The average Bonchev–Trinajstić information content (AvgIpc) is 2.77. The lowest BCUT2D eigenvalue weighted by molar-refractivity contribution is 0.301. The minimum Gasteiger partial charge on any atom is -0.0805 e. The predicted molar refractivity (Wildman–Crippen MR) is 129 cm³/mol. The summed E-state index contributed by atoms with van der Waals surface area (Å²) in [5, 5.41) is 0. The normalized spacial score (nSPS) is 25.0. The monoisotopic (exact) mass is 394 g/mol. The molecule has 1 aromatic carbocycles. The first-order valence-corrected chi connectivity index (χ1v) is 13.1. The lowest BCUT2D eigenvalue weighted by Crippen LogP contribution is -2.13. The van der Waals surface area contributed by atoms with Crippen molar-refractivity contribution in [3.63, 3.8) is 0 Å². The van der Waals surface area contributed by atoms with Gasteiger partial charge in [-0.2, -0.15) is 0 Å². The Labute approximate surface area is 181 Å². The zero-order valence-corrected chi connectivity index (χ0v) is 19.4. The van der Waals surface area contributed by atoms with Crippen molar-refractivity contribution in [2.24, 2.45) is 11.8 Å². The van der Waals surface area contributed by atoms with Crippen LogP contribution < -0.4 is 0 Å². The summed E-state index contributed by atoms with van der Waals surface area (Å²) in [6, 6.07) is 9.70. The largest absolute Gasteiger partial charge is 0.0805 e. The van der Waals surface area contributed by atoms with Crippen LogP contribution in [0.4, 0.5) is 0 Å². The Morgan fingerprint density at radius 2 is 1.41 bits per heavy atom. The highest BCUT2D eigenvalue weighted by atomic mass is 14.3. The second-order valence-electron chi connectivity index (χ2n) is 10.2. The number of benzene rings is 1. The molecule has 0 spiro atoms. The van der Waals surface area contributed by atoms with Crippen molar-refractivity contribution in [1.82, 2.24) is 0 Å². The van der Waals surface area contributed by atoms with Crippen molar-refractivity contribution in [3.8, 4) is 0 Å². The van der Waals surface area contributed by atoms with Gasteiger partial charge in [-0.1, -0.05) is 102 Å². The summed E-state index contributed by atoms with van der Waals surface area (Å²) in [7, 11) is 0. The third-order valence-corrected chi connectivity index (χ3v) is 7.74. The zero-order valence-electron chi connectivity index (χ0n) is 19.4. The molecular weight excluding hydrogens is 348 g/mol. The van der Waals surface area contributed by atoms with E-state index in [0.29, 0.717) is 0 Å². The molecule has 1 fully saturated rings. The van der Waals surface area contributed by atoms with E-state index in [2.05, 4.69) is 44.2 Å². The summed E-state index contributed by atoms with van der Waals surface area (Å²) in [4.78, 5) is 0. The molecule has 2 aliphatic carbocycles. The Morgan fingerprint density at radius 1 is 0.759 bits per heavy atom. The van der Waals surface area contributed by atoms with Gasteiger partial charge in [0.15, 0.2) is 0 Å². The third kappa shape index (κ3) is 7.62. The molecule has 0 bridgehead atoms. The van der Waals surface area contributed by atoms with Gasteiger partial charge in [-0.05, 0) is 79.4 Å². The molecule has 29 heavy (non-hydrogen) atoms. The topological polar surface area (TPSA) is 0 Å². The van der Waals surface area contributed by atoms with Crippen molar-refractivity contribution < 1.29 is 0 Å². The SMILES string of the molecule is CCCCCCCCCC[C@H]1CC[C@H](c2ccc(C3=CCC(C)CC3)cc2)CC1. The quantitative estimate of drug-likeness (QED) is 0.328. The number of hydrogen-bond donors (Lipinski definition) is 0. The van der Waals surface area contributed by atoms with E-state index in [0.717, 1.165) is 17.8 Å². The molecule has 162 valence electrons. The molecule has 0 amide bonds. The van der Waals surface area contributed by atoms with E-state index in [1.165, 1.54) is 108 Å². The summed E-state index contributed by atoms with van der Waals surface area (Å²) in [6.45, 7) is 4.68. The molecule has 0 heteroatoms. The van der Waals surface area contributed by atoms with Gasteiger partial charge in [-0.25, -0.2) is 0 Å². The summed E-state index contributed by atoms with van der Waals surface area (Å²) in [5.41, 5.74) is 4.66. The van der Waals surface area contributed by atoms with Gasteiger partial charge in [-0.3, -0.25) is 0 Å². The zero-order chi connectivity index (χ0) is 20.3. The molecule has 1 unspecified atom stereocenters. The van der Waals surface area contributed by atoms with Gasteiger partial charge in [0.05, 0.1) is 0 Å². The number of hydrogen-bond acceptors (Lipinski definition) is 0. The molecule has 1 atom stereocenters. The van der Waals surface area contributed by atoms with E-state index in [-0.39, 0.29) is 0 Å². The number of unbranched alkanes of at least 4 members (excludes halogenated alkanes) is 7. The van der Waals surface area contributed by atoms with Gasteiger partial charge >= 0.3 is 0 Å². The summed E-state index contributed by atoms with van der Waals surface area (Å²) >= 11 is 0. The average molecular weight is 395 g/mol. The van der Waals surface area contributed by atoms with Gasteiger partial charge in [0.25, 0.3) is 0 Å². The van der Waals surface area contributed by atoms with Crippen LogP contribution in [0.5, 0.6) is 0 Å². The molecular formula is C29H46. The van der Waals surface area contributed by atoms with Crippen LogP contribution in [0.2, 0.25) is 0 Å². The molecule has 0 saturated heterocycles. The minimum absolute atomic E-state index is 0.819. The molecule has 0 heterocycles. The van der Waals surface area contributed by atoms with Gasteiger partial charge in [-0.15, -0.1) is 0 Å². The number of allylic oxidation sites excluding steroid dienone is 2. The molecule has 3 rings (SSSR count). The van der Waals surface area contributed by atoms with Gasteiger partial charge in [0, 0.05) is 0 Å². The smallest absolute Gasteiger partial charge is 0.0162 e. The van der Waals surface area contributed by atoms with E-state index in [1.54, 1.807) is 11.1 Å². The summed E-state index contributed by atoms with van der Waals surface area (Å²) in [5.74, 6) is 2.71. The minimum atomic E-state index is 0.819. The van der Waals surface area contributed by atoms with Crippen LogP contribution in [0, 0.1) is 11.8 Å². The van der Waals surface area contributed by atoms with E-state index in [9.17, 15) is 0 Å². The maximum Gasteiger partial charge on any atom is -0.0162 e. The lowest BCUT2D eigenvalue weighted by Gasteiger charge is -2.29. The van der Waals surface area contributed by atoms with Crippen LogP contribution in [0.1, 0.15) is 134 Å². The first-order valence-electron chi connectivity index (χ1n) is 13.1.